The Bertz CT molecular complexity index is 1270. The molecule has 0 saturated carbocycles. The molecule has 4 rings (SSSR count). The van der Waals surface area contributed by atoms with E-state index in [1.807, 2.05) is 36.6 Å². The SMILES string of the molecule is CC(=O)c1ccc(OC[C@@H](O)Cn2cnc3scc(-c4ccc(C)cc4)c3c2=O)cc1. The summed E-state index contributed by atoms with van der Waals surface area (Å²) in [6.45, 7) is 3.60. The van der Waals surface area contributed by atoms with Gasteiger partial charge in [0.15, 0.2) is 5.78 Å². The van der Waals surface area contributed by atoms with Crippen LogP contribution in [0.15, 0.2) is 65.0 Å². The van der Waals surface area contributed by atoms with Crippen molar-refractivity contribution in [2.45, 2.75) is 26.5 Å². The third kappa shape index (κ3) is 4.57. The Labute approximate surface area is 183 Å². The first-order valence-corrected chi connectivity index (χ1v) is 10.8. The van der Waals surface area contributed by atoms with Gasteiger partial charge in [0.1, 0.15) is 23.3 Å². The van der Waals surface area contributed by atoms with Gasteiger partial charge in [0.25, 0.3) is 5.56 Å². The number of aliphatic hydroxyl groups is 1. The molecule has 0 unspecified atom stereocenters. The molecular formula is C24H22N2O4S. The first kappa shape index (κ1) is 21.0. The largest absolute Gasteiger partial charge is 0.491 e. The lowest BCUT2D eigenvalue weighted by atomic mass is 10.1. The van der Waals surface area contributed by atoms with Gasteiger partial charge in [-0.25, -0.2) is 4.98 Å². The molecule has 31 heavy (non-hydrogen) atoms. The second-order valence-corrected chi connectivity index (χ2v) is 8.30. The Kier molecular flexibility index (Phi) is 5.97. The van der Waals surface area contributed by atoms with E-state index in [4.69, 9.17) is 4.74 Å². The van der Waals surface area contributed by atoms with Gasteiger partial charge in [0.05, 0.1) is 18.3 Å². The van der Waals surface area contributed by atoms with Gasteiger partial charge in [-0.15, -0.1) is 11.3 Å². The van der Waals surface area contributed by atoms with Crippen LogP contribution in [0.1, 0.15) is 22.8 Å². The van der Waals surface area contributed by atoms with E-state index in [-0.39, 0.29) is 24.5 Å². The van der Waals surface area contributed by atoms with E-state index < -0.39 is 6.10 Å². The van der Waals surface area contributed by atoms with E-state index in [9.17, 15) is 14.7 Å². The van der Waals surface area contributed by atoms with Crippen molar-refractivity contribution >= 4 is 27.3 Å². The molecule has 0 amide bonds. The van der Waals surface area contributed by atoms with Crippen molar-refractivity contribution in [1.29, 1.82) is 0 Å². The van der Waals surface area contributed by atoms with Crippen LogP contribution in [-0.2, 0) is 6.54 Å². The number of hydrogen-bond donors (Lipinski definition) is 1. The number of aliphatic hydroxyl groups excluding tert-OH is 1. The Balaban J connectivity index is 1.51. The summed E-state index contributed by atoms with van der Waals surface area (Å²) in [6, 6.07) is 14.7. The van der Waals surface area contributed by atoms with Crippen molar-refractivity contribution in [3.63, 3.8) is 0 Å². The van der Waals surface area contributed by atoms with Gasteiger partial charge in [-0.05, 0) is 43.7 Å². The molecule has 0 fully saturated rings. The summed E-state index contributed by atoms with van der Waals surface area (Å²) in [6.07, 6.45) is 0.566. The third-order valence-electron chi connectivity index (χ3n) is 5.03. The summed E-state index contributed by atoms with van der Waals surface area (Å²) in [5, 5.41) is 12.9. The lowest BCUT2D eigenvalue weighted by molar-refractivity contribution is 0.0914. The minimum Gasteiger partial charge on any atom is -0.491 e. The van der Waals surface area contributed by atoms with Crippen LogP contribution in [0.2, 0.25) is 0 Å². The van der Waals surface area contributed by atoms with Crippen LogP contribution in [0.25, 0.3) is 21.3 Å². The fourth-order valence-corrected chi connectivity index (χ4v) is 4.21. The molecule has 0 bridgehead atoms. The number of carbonyl (C=O) groups is 1. The summed E-state index contributed by atoms with van der Waals surface area (Å²) in [5.74, 6) is 0.525. The molecule has 0 spiro atoms. The minimum absolute atomic E-state index is 0.0123. The molecule has 0 saturated heterocycles. The molecule has 2 aromatic carbocycles. The second-order valence-electron chi connectivity index (χ2n) is 7.44. The number of Topliss-reactive ketones (excluding diaryl/α,β-unsaturated/α-hetero) is 1. The van der Waals surface area contributed by atoms with Crippen molar-refractivity contribution in [2.75, 3.05) is 6.61 Å². The number of carbonyl (C=O) groups excluding carboxylic acids is 1. The molecule has 1 N–H and O–H groups in total. The Morgan fingerprint density at radius 3 is 2.55 bits per heavy atom. The maximum atomic E-state index is 13.1. The molecule has 0 aliphatic heterocycles. The van der Waals surface area contributed by atoms with Crippen LogP contribution in [0.3, 0.4) is 0 Å². The maximum absolute atomic E-state index is 13.1. The summed E-state index contributed by atoms with van der Waals surface area (Å²) in [7, 11) is 0. The van der Waals surface area contributed by atoms with Crippen molar-refractivity contribution in [3.05, 3.63) is 81.7 Å². The van der Waals surface area contributed by atoms with Crippen LogP contribution in [0, 0.1) is 6.92 Å². The van der Waals surface area contributed by atoms with E-state index in [1.54, 1.807) is 24.3 Å². The molecule has 1 atom stereocenters. The number of ether oxygens (including phenoxy) is 1. The summed E-state index contributed by atoms with van der Waals surface area (Å²) >= 11 is 1.43. The number of nitrogens with zero attached hydrogens (tertiary/aromatic N) is 2. The van der Waals surface area contributed by atoms with Gasteiger partial charge in [0, 0.05) is 16.5 Å². The van der Waals surface area contributed by atoms with Crippen LogP contribution in [0.4, 0.5) is 0 Å². The van der Waals surface area contributed by atoms with E-state index in [2.05, 4.69) is 4.98 Å². The molecule has 6 nitrogen and oxygen atoms in total. The van der Waals surface area contributed by atoms with Gasteiger partial charge in [-0.3, -0.25) is 14.2 Å². The quantitative estimate of drug-likeness (QED) is 0.444. The zero-order chi connectivity index (χ0) is 22.0. The van der Waals surface area contributed by atoms with Crippen molar-refractivity contribution < 1.29 is 14.6 Å². The molecule has 2 heterocycles. The van der Waals surface area contributed by atoms with Crippen LogP contribution >= 0.6 is 11.3 Å². The van der Waals surface area contributed by atoms with Gasteiger partial charge in [-0.2, -0.15) is 0 Å². The van der Waals surface area contributed by atoms with Crippen molar-refractivity contribution in [2.24, 2.45) is 0 Å². The number of benzene rings is 2. The fourth-order valence-electron chi connectivity index (χ4n) is 3.30. The molecule has 158 valence electrons. The number of thiophene rings is 1. The van der Waals surface area contributed by atoms with Crippen molar-refractivity contribution in [1.82, 2.24) is 9.55 Å². The summed E-state index contributed by atoms with van der Waals surface area (Å²) in [5.41, 5.74) is 3.37. The number of rotatable bonds is 7. The monoisotopic (exact) mass is 434 g/mol. The number of ketones is 1. The van der Waals surface area contributed by atoms with E-state index in [0.29, 0.717) is 21.5 Å². The average Bonchev–Trinajstić information content (AvgIpc) is 3.20. The normalized spacial score (nSPS) is 12.1. The molecule has 0 radical (unpaired) electrons. The van der Waals surface area contributed by atoms with Crippen LogP contribution in [0.5, 0.6) is 5.75 Å². The van der Waals surface area contributed by atoms with Crippen LogP contribution in [-0.4, -0.2) is 33.2 Å². The first-order chi connectivity index (χ1) is 14.9. The first-order valence-electron chi connectivity index (χ1n) is 9.88. The summed E-state index contributed by atoms with van der Waals surface area (Å²) < 4.78 is 7.01. The minimum atomic E-state index is -0.897. The molecule has 4 aromatic rings. The highest BCUT2D eigenvalue weighted by Crippen LogP contribution is 2.30. The maximum Gasteiger partial charge on any atom is 0.262 e. The average molecular weight is 435 g/mol. The van der Waals surface area contributed by atoms with E-state index >= 15 is 0 Å². The standard InChI is InChI=1S/C24H22N2O4S/c1-15-3-5-18(6-4-15)21-13-31-23-22(21)24(29)26(14-25-23)11-19(28)12-30-20-9-7-17(8-10-20)16(2)27/h3-10,13-14,19,28H,11-12H2,1-2H3/t19-/m0/s1. The predicted octanol–water partition coefficient (Wildman–Crippen LogP) is 4.08. The number of fused-ring (bicyclic) bond motifs is 1. The molecule has 2 aromatic heterocycles. The molecule has 0 aliphatic rings. The third-order valence-corrected chi connectivity index (χ3v) is 5.92. The highest BCUT2D eigenvalue weighted by atomic mass is 32.1. The van der Waals surface area contributed by atoms with E-state index in [1.165, 1.54) is 29.2 Å². The highest BCUT2D eigenvalue weighted by Gasteiger charge is 2.15. The molecular weight excluding hydrogens is 412 g/mol. The fraction of sp³-hybridized carbons (Fsp3) is 0.208. The lowest BCUT2D eigenvalue weighted by Crippen LogP contribution is -2.30. The Hall–Kier alpha value is -3.29. The smallest absolute Gasteiger partial charge is 0.262 e. The Morgan fingerprint density at radius 1 is 1.16 bits per heavy atom. The van der Waals surface area contributed by atoms with Gasteiger partial charge < -0.3 is 9.84 Å². The van der Waals surface area contributed by atoms with Gasteiger partial charge >= 0.3 is 0 Å². The van der Waals surface area contributed by atoms with Crippen molar-refractivity contribution in [3.8, 4) is 16.9 Å². The van der Waals surface area contributed by atoms with Gasteiger partial charge in [0.2, 0.25) is 0 Å². The number of aryl methyl sites for hydroxylation is 1. The lowest BCUT2D eigenvalue weighted by Gasteiger charge is -2.14. The Morgan fingerprint density at radius 2 is 1.87 bits per heavy atom. The van der Waals surface area contributed by atoms with Gasteiger partial charge in [-0.1, -0.05) is 29.8 Å². The highest BCUT2D eigenvalue weighted by molar-refractivity contribution is 7.17. The zero-order valence-electron chi connectivity index (χ0n) is 17.2. The summed E-state index contributed by atoms with van der Waals surface area (Å²) in [4.78, 5) is 29.5. The molecule has 7 heteroatoms. The van der Waals surface area contributed by atoms with Crippen LogP contribution < -0.4 is 10.3 Å². The number of hydrogen-bond acceptors (Lipinski definition) is 6. The topological polar surface area (TPSA) is 81.4 Å². The molecule has 0 aliphatic carbocycles. The number of aromatic nitrogens is 2. The predicted molar refractivity (Wildman–Crippen MR) is 122 cm³/mol. The van der Waals surface area contributed by atoms with E-state index in [0.717, 1.165) is 16.7 Å². The zero-order valence-corrected chi connectivity index (χ0v) is 18.1. The second kappa shape index (κ2) is 8.83.